The molecular formula is C98H60N8. The number of hydrogen-bond donors (Lipinski definition) is 0. The Morgan fingerprint density at radius 3 is 1.04 bits per heavy atom. The zero-order valence-electron chi connectivity index (χ0n) is 57.2. The lowest BCUT2D eigenvalue weighted by atomic mass is 9.90. The maximum absolute atomic E-state index is 5.38. The van der Waals surface area contributed by atoms with Crippen molar-refractivity contribution in [2.75, 3.05) is 0 Å². The van der Waals surface area contributed by atoms with Gasteiger partial charge in [-0.3, -0.25) is 0 Å². The number of benzene rings is 15. The summed E-state index contributed by atoms with van der Waals surface area (Å²) >= 11 is 0. The maximum atomic E-state index is 5.38. The van der Waals surface area contributed by atoms with E-state index in [2.05, 4.69) is 319 Å². The van der Waals surface area contributed by atoms with E-state index in [-0.39, 0.29) is 0 Å². The van der Waals surface area contributed by atoms with E-state index in [4.69, 9.17) is 29.9 Å². The second-order valence-corrected chi connectivity index (χ2v) is 27.2. The van der Waals surface area contributed by atoms with Crippen LogP contribution in [0.1, 0.15) is 0 Å². The van der Waals surface area contributed by atoms with E-state index in [1.54, 1.807) is 0 Å². The molecule has 0 N–H and O–H groups in total. The van der Waals surface area contributed by atoms with Crippen molar-refractivity contribution in [3.8, 4) is 180 Å². The Labute approximate surface area is 611 Å². The molecule has 0 aliphatic heterocycles. The molecule has 2 aliphatic rings. The number of hydrogen-bond acceptors (Lipinski definition) is 6. The Bertz CT molecular complexity index is 6670. The molecule has 15 aromatic carbocycles. The molecule has 4 aromatic heterocycles. The van der Waals surface area contributed by atoms with E-state index in [0.29, 0.717) is 34.9 Å². The quantitative estimate of drug-likeness (QED) is 0.128. The minimum Gasteiger partial charge on any atom is -0.309 e. The number of fused-ring (bicyclic) bond motifs is 11. The fourth-order valence-corrected chi connectivity index (χ4v) is 16.5. The summed E-state index contributed by atoms with van der Waals surface area (Å²) in [5, 5.41) is 4.53. The molecule has 0 atom stereocenters. The summed E-state index contributed by atoms with van der Waals surface area (Å²) in [4.78, 5) is 31.4. The van der Waals surface area contributed by atoms with Gasteiger partial charge in [-0.15, -0.1) is 0 Å². The largest absolute Gasteiger partial charge is 0.309 e. The third-order valence-electron chi connectivity index (χ3n) is 21.2. The predicted octanol–water partition coefficient (Wildman–Crippen LogP) is 24.7. The zero-order chi connectivity index (χ0) is 69.8. The van der Waals surface area contributed by atoms with Crippen LogP contribution in [-0.4, -0.2) is 39.0 Å². The second-order valence-electron chi connectivity index (χ2n) is 27.2. The Morgan fingerprint density at radius 1 is 0.179 bits per heavy atom. The van der Waals surface area contributed by atoms with Crippen molar-refractivity contribution >= 4 is 32.6 Å². The molecule has 0 spiro atoms. The van der Waals surface area contributed by atoms with Gasteiger partial charge in [0.15, 0.2) is 34.9 Å². The van der Waals surface area contributed by atoms with Crippen molar-refractivity contribution in [2.45, 2.75) is 0 Å². The smallest absolute Gasteiger partial charge is 0.164 e. The van der Waals surface area contributed by atoms with Crippen LogP contribution in [0.15, 0.2) is 364 Å². The van der Waals surface area contributed by atoms with E-state index < -0.39 is 0 Å². The minimum atomic E-state index is 0.585. The highest BCUT2D eigenvalue weighted by molar-refractivity contribution is 6.20. The van der Waals surface area contributed by atoms with Gasteiger partial charge in [-0.2, -0.15) is 0 Å². The monoisotopic (exact) mass is 1350 g/mol. The summed E-state index contributed by atoms with van der Waals surface area (Å²) in [6.45, 7) is 0. The molecule has 106 heavy (non-hydrogen) atoms. The molecule has 492 valence electrons. The first-order chi connectivity index (χ1) is 52.6. The van der Waals surface area contributed by atoms with Gasteiger partial charge >= 0.3 is 0 Å². The van der Waals surface area contributed by atoms with Crippen molar-refractivity contribution in [3.05, 3.63) is 364 Å². The third-order valence-corrected chi connectivity index (χ3v) is 21.2. The Morgan fingerprint density at radius 2 is 0.509 bits per heavy atom. The average Bonchev–Trinajstić information content (AvgIpc) is 1.55. The number of aromatic nitrogens is 8. The molecule has 0 saturated heterocycles. The van der Waals surface area contributed by atoms with Crippen LogP contribution in [0.25, 0.3) is 213 Å². The summed E-state index contributed by atoms with van der Waals surface area (Å²) in [7, 11) is 0. The van der Waals surface area contributed by atoms with Crippen LogP contribution in [0.2, 0.25) is 0 Å². The fraction of sp³-hybridized carbons (Fsp3) is 0. The second kappa shape index (κ2) is 24.7. The van der Waals surface area contributed by atoms with Gasteiger partial charge in [-0.05, 0) is 144 Å². The zero-order valence-corrected chi connectivity index (χ0v) is 57.2. The highest BCUT2D eigenvalue weighted by Gasteiger charge is 2.33. The van der Waals surface area contributed by atoms with E-state index in [1.165, 1.54) is 49.7 Å². The van der Waals surface area contributed by atoms with E-state index >= 15 is 0 Å². The fourth-order valence-electron chi connectivity index (χ4n) is 16.5. The lowest BCUT2D eigenvalue weighted by Crippen LogP contribution is -2.02. The summed E-state index contributed by atoms with van der Waals surface area (Å²) in [6, 6.07) is 130. The van der Waals surface area contributed by atoms with Crippen molar-refractivity contribution in [3.63, 3.8) is 0 Å². The van der Waals surface area contributed by atoms with E-state index in [0.717, 1.165) is 128 Å². The van der Waals surface area contributed by atoms with Gasteiger partial charge in [-0.1, -0.05) is 303 Å². The standard InChI is InChI=1S/C98H60N8/c1-6-27-61(28-7-1)91-89-80-45-22-19-41-73(80)71-39-16-17-40-72(71)78-47-25-49-85(87(78)89)105(91)70-54-51-66(52-55-70)96-99-93(63-31-10-3-11-32-63)101-97(102-96)69-38-24-37-67(59-69)68-53-56-76-79-48-26-50-86-88(79)90(81-46-23-20-43-75(81)83(76)60-68)92(62-29-8-2-9-30-62)106(86)84-58-57-82(74-42-18-21-44-77(74)84)98-103-94(64-33-12-4-13-34-64)100-95(104-98)65-35-14-5-15-36-65/h1-60H. The van der Waals surface area contributed by atoms with Gasteiger partial charge in [0.1, 0.15) is 0 Å². The lowest BCUT2D eigenvalue weighted by Gasteiger charge is -2.19. The molecule has 21 rings (SSSR count). The van der Waals surface area contributed by atoms with Crippen molar-refractivity contribution in [1.82, 2.24) is 39.0 Å². The molecule has 0 unspecified atom stereocenters. The SMILES string of the molecule is c1ccc(-c2nc(-c3ccc(-n4c(-c5ccccc5)c5c6c(cccc64)-c4ccccc4-c4ccccc4-5)cc3)nc(-c3cccc(-c4ccc5c(c4)-c4ccccc4-c4c(-c6ccccc6)n(-c6ccc(-c7nc(-c8ccccc8)nc(-c8ccccc8)n7)c7ccccc67)c6cccc-5c46)c3)n2)cc1. The third kappa shape index (κ3) is 9.84. The molecule has 0 saturated carbocycles. The molecule has 4 heterocycles. The molecular weight excluding hydrogens is 1290 g/mol. The van der Waals surface area contributed by atoms with Crippen LogP contribution in [0.4, 0.5) is 0 Å². The first kappa shape index (κ1) is 60.4. The normalized spacial score (nSPS) is 11.8. The van der Waals surface area contributed by atoms with Crippen molar-refractivity contribution in [1.29, 1.82) is 0 Å². The van der Waals surface area contributed by atoms with Crippen LogP contribution < -0.4 is 0 Å². The van der Waals surface area contributed by atoms with Crippen LogP contribution >= 0.6 is 0 Å². The highest BCUT2D eigenvalue weighted by Crippen LogP contribution is 2.56. The molecule has 0 amide bonds. The first-order valence-corrected chi connectivity index (χ1v) is 35.9. The highest BCUT2D eigenvalue weighted by atomic mass is 15.1. The topological polar surface area (TPSA) is 87.2 Å². The van der Waals surface area contributed by atoms with Crippen LogP contribution in [0, 0.1) is 0 Å². The molecule has 19 aromatic rings. The van der Waals surface area contributed by atoms with Gasteiger partial charge in [-0.25, -0.2) is 29.9 Å². The number of rotatable bonds is 11. The average molecular weight is 1350 g/mol. The lowest BCUT2D eigenvalue weighted by molar-refractivity contribution is 1.07. The maximum Gasteiger partial charge on any atom is 0.164 e. The molecule has 0 radical (unpaired) electrons. The van der Waals surface area contributed by atoms with Gasteiger partial charge in [0.2, 0.25) is 0 Å². The van der Waals surface area contributed by atoms with Crippen molar-refractivity contribution < 1.29 is 0 Å². The minimum absolute atomic E-state index is 0.585. The molecule has 0 bridgehead atoms. The van der Waals surface area contributed by atoms with Gasteiger partial charge in [0, 0.05) is 66.4 Å². The van der Waals surface area contributed by atoms with Gasteiger partial charge < -0.3 is 9.13 Å². The Balaban J connectivity index is 0.683. The van der Waals surface area contributed by atoms with E-state index in [9.17, 15) is 0 Å². The molecule has 8 nitrogen and oxygen atoms in total. The Kier molecular flexibility index (Phi) is 14.1. The Hall–Kier alpha value is -14.3. The van der Waals surface area contributed by atoms with Gasteiger partial charge in [0.25, 0.3) is 0 Å². The van der Waals surface area contributed by atoms with Gasteiger partial charge in [0.05, 0.1) is 28.1 Å². The van der Waals surface area contributed by atoms with Crippen LogP contribution in [-0.2, 0) is 0 Å². The molecule has 2 aliphatic carbocycles. The molecule has 0 fully saturated rings. The summed E-state index contributed by atoms with van der Waals surface area (Å²) in [5.74, 6) is 3.62. The first-order valence-electron chi connectivity index (χ1n) is 35.9. The molecule has 8 heteroatoms. The van der Waals surface area contributed by atoms with Crippen LogP contribution in [0.3, 0.4) is 0 Å². The summed E-state index contributed by atoms with van der Waals surface area (Å²) in [5.41, 5.74) is 30.7. The van der Waals surface area contributed by atoms with Crippen molar-refractivity contribution in [2.24, 2.45) is 0 Å². The summed E-state index contributed by atoms with van der Waals surface area (Å²) in [6.07, 6.45) is 0. The van der Waals surface area contributed by atoms with Crippen LogP contribution in [0.5, 0.6) is 0 Å². The van der Waals surface area contributed by atoms with E-state index in [1.807, 2.05) is 54.6 Å². The summed E-state index contributed by atoms with van der Waals surface area (Å²) < 4.78 is 4.94. The number of nitrogens with zero attached hydrogens (tertiary/aromatic N) is 8. The predicted molar refractivity (Wildman–Crippen MR) is 433 cm³/mol.